The quantitative estimate of drug-likeness (QED) is 0.624. The molecule has 2 aromatic rings. The fraction of sp³-hybridized carbons (Fsp3) is 0.250. The van der Waals surface area contributed by atoms with Gasteiger partial charge in [0.15, 0.2) is 0 Å². The van der Waals surface area contributed by atoms with Gasteiger partial charge in [-0.1, -0.05) is 38.1 Å². The number of hydrogen-bond donors (Lipinski definition) is 1. The van der Waals surface area contributed by atoms with Gasteiger partial charge in [0, 0.05) is 11.8 Å². The largest absolute Gasteiger partial charge is 0.350 e. The number of nitro benzene ring substituents is 1. The first-order valence-corrected chi connectivity index (χ1v) is 6.72. The molecule has 0 spiro atoms. The molecule has 0 saturated heterocycles. The lowest BCUT2D eigenvalue weighted by atomic mass is 9.98. The predicted molar refractivity (Wildman–Crippen MR) is 81.5 cm³/mol. The van der Waals surface area contributed by atoms with E-state index in [1.807, 2.05) is 12.1 Å². The molecule has 20 heavy (non-hydrogen) atoms. The van der Waals surface area contributed by atoms with Gasteiger partial charge in [-0.2, -0.15) is 0 Å². The zero-order valence-corrected chi connectivity index (χ0v) is 11.7. The first kappa shape index (κ1) is 14.1. The van der Waals surface area contributed by atoms with Crippen molar-refractivity contribution in [3.8, 4) is 0 Å². The van der Waals surface area contributed by atoms with Gasteiger partial charge in [0.1, 0.15) is 5.69 Å². The third-order valence-corrected chi connectivity index (χ3v) is 3.47. The molecule has 1 unspecified atom stereocenters. The Hall–Kier alpha value is -2.36. The number of anilines is 2. The van der Waals surface area contributed by atoms with E-state index in [-0.39, 0.29) is 10.6 Å². The van der Waals surface area contributed by atoms with Crippen molar-refractivity contribution in [2.75, 3.05) is 5.32 Å². The fourth-order valence-electron chi connectivity index (χ4n) is 2.02. The van der Waals surface area contributed by atoms with Crippen molar-refractivity contribution in [3.63, 3.8) is 0 Å². The SMILES string of the molecule is CCC(C)c1ccc(Nc2ccccc2[N+](=O)[O-])cc1. The van der Waals surface area contributed by atoms with E-state index in [0.717, 1.165) is 12.1 Å². The van der Waals surface area contributed by atoms with E-state index < -0.39 is 0 Å². The Morgan fingerprint density at radius 1 is 1.15 bits per heavy atom. The second kappa shape index (κ2) is 6.19. The Balaban J connectivity index is 2.20. The zero-order chi connectivity index (χ0) is 14.5. The average molecular weight is 270 g/mol. The highest BCUT2D eigenvalue weighted by Crippen LogP contribution is 2.28. The summed E-state index contributed by atoms with van der Waals surface area (Å²) in [5.41, 5.74) is 2.72. The number of benzene rings is 2. The maximum Gasteiger partial charge on any atom is 0.292 e. The van der Waals surface area contributed by atoms with Gasteiger partial charge >= 0.3 is 0 Å². The molecule has 0 aliphatic carbocycles. The van der Waals surface area contributed by atoms with Crippen LogP contribution in [0.2, 0.25) is 0 Å². The van der Waals surface area contributed by atoms with Gasteiger partial charge in [0.25, 0.3) is 5.69 Å². The first-order chi connectivity index (χ1) is 9.61. The molecule has 0 radical (unpaired) electrons. The van der Waals surface area contributed by atoms with Crippen LogP contribution in [0.1, 0.15) is 31.7 Å². The van der Waals surface area contributed by atoms with Gasteiger partial charge < -0.3 is 5.32 Å². The van der Waals surface area contributed by atoms with Crippen LogP contribution in [-0.4, -0.2) is 4.92 Å². The maximum atomic E-state index is 11.0. The summed E-state index contributed by atoms with van der Waals surface area (Å²) in [6.07, 6.45) is 1.09. The van der Waals surface area contributed by atoms with Crippen LogP contribution >= 0.6 is 0 Å². The highest BCUT2D eigenvalue weighted by Gasteiger charge is 2.12. The van der Waals surface area contributed by atoms with Crippen molar-refractivity contribution in [2.24, 2.45) is 0 Å². The van der Waals surface area contributed by atoms with Gasteiger partial charge in [0.05, 0.1) is 4.92 Å². The van der Waals surface area contributed by atoms with Gasteiger partial charge in [-0.05, 0) is 36.1 Å². The van der Waals surface area contributed by atoms with Crippen molar-refractivity contribution in [2.45, 2.75) is 26.2 Å². The first-order valence-electron chi connectivity index (χ1n) is 6.72. The maximum absolute atomic E-state index is 11.0. The second-order valence-corrected chi connectivity index (χ2v) is 4.83. The monoisotopic (exact) mass is 270 g/mol. The van der Waals surface area contributed by atoms with E-state index in [1.165, 1.54) is 11.6 Å². The van der Waals surface area contributed by atoms with E-state index in [0.29, 0.717) is 11.6 Å². The van der Waals surface area contributed by atoms with E-state index >= 15 is 0 Å². The normalized spacial score (nSPS) is 11.9. The van der Waals surface area contributed by atoms with Crippen LogP contribution in [0.3, 0.4) is 0 Å². The number of nitrogens with zero attached hydrogens (tertiary/aromatic N) is 1. The Morgan fingerprint density at radius 3 is 2.40 bits per heavy atom. The van der Waals surface area contributed by atoms with Crippen LogP contribution in [0.15, 0.2) is 48.5 Å². The molecule has 0 fully saturated rings. The average Bonchev–Trinajstić information content (AvgIpc) is 2.47. The zero-order valence-electron chi connectivity index (χ0n) is 11.7. The molecule has 4 nitrogen and oxygen atoms in total. The molecule has 0 amide bonds. The van der Waals surface area contributed by atoms with Crippen molar-refractivity contribution >= 4 is 17.1 Å². The van der Waals surface area contributed by atoms with E-state index in [2.05, 4.69) is 31.3 Å². The van der Waals surface area contributed by atoms with E-state index in [1.54, 1.807) is 18.2 Å². The smallest absolute Gasteiger partial charge is 0.292 e. The molecule has 1 atom stereocenters. The van der Waals surface area contributed by atoms with Crippen molar-refractivity contribution in [1.29, 1.82) is 0 Å². The fourth-order valence-corrected chi connectivity index (χ4v) is 2.02. The minimum atomic E-state index is -0.379. The summed E-state index contributed by atoms with van der Waals surface area (Å²) in [6, 6.07) is 14.7. The molecule has 0 aliphatic rings. The van der Waals surface area contributed by atoms with Gasteiger partial charge in [-0.25, -0.2) is 0 Å². The van der Waals surface area contributed by atoms with Crippen LogP contribution in [0.25, 0.3) is 0 Å². The topological polar surface area (TPSA) is 55.2 Å². The van der Waals surface area contributed by atoms with Crippen LogP contribution in [0.5, 0.6) is 0 Å². The number of hydrogen-bond acceptors (Lipinski definition) is 3. The van der Waals surface area contributed by atoms with Gasteiger partial charge in [-0.15, -0.1) is 0 Å². The molecular weight excluding hydrogens is 252 g/mol. The van der Waals surface area contributed by atoms with Crippen LogP contribution in [0, 0.1) is 10.1 Å². The Kier molecular flexibility index (Phi) is 4.35. The van der Waals surface area contributed by atoms with E-state index in [9.17, 15) is 10.1 Å². The molecule has 0 aromatic heterocycles. The highest BCUT2D eigenvalue weighted by atomic mass is 16.6. The van der Waals surface area contributed by atoms with Crippen molar-refractivity contribution < 1.29 is 4.92 Å². The lowest BCUT2D eigenvalue weighted by molar-refractivity contribution is -0.383. The summed E-state index contributed by atoms with van der Waals surface area (Å²) < 4.78 is 0. The van der Waals surface area contributed by atoms with Crippen molar-refractivity contribution in [3.05, 3.63) is 64.2 Å². The summed E-state index contributed by atoms with van der Waals surface area (Å²) in [5.74, 6) is 0.523. The van der Waals surface area contributed by atoms with Gasteiger partial charge in [-0.3, -0.25) is 10.1 Å². The number of para-hydroxylation sites is 2. The number of nitrogens with one attached hydrogen (secondary N) is 1. The molecule has 4 heteroatoms. The second-order valence-electron chi connectivity index (χ2n) is 4.83. The molecule has 0 saturated carbocycles. The summed E-state index contributed by atoms with van der Waals surface area (Å²) in [4.78, 5) is 10.6. The summed E-state index contributed by atoms with van der Waals surface area (Å²) in [5, 5.41) is 14.1. The molecule has 0 bridgehead atoms. The molecule has 104 valence electrons. The third-order valence-electron chi connectivity index (χ3n) is 3.47. The highest BCUT2D eigenvalue weighted by molar-refractivity contribution is 5.69. The summed E-state index contributed by atoms with van der Waals surface area (Å²) in [6.45, 7) is 4.34. The van der Waals surface area contributed by atoms with Crippen LogP contribution in [-0.2, 0) is 0 Å². The third kappa shape index (κ3) is 3.15. The van der Waals surface area contributed by atoms with E-state index in [4.69, 9.17) is 0 Å². The standard InChI is InChI=1S/C16H18N2O2/c1-3-12(2)13-8-10-14(11-9-13)17-15-6-4-5-7-16(15)18(19)20/h4-12,17H,3H2,1-2H3. The summed E-state index contributed by atoms with van der Waals surface area (Å²) in [7, 11) is 0. The predicted octanol–water partition coefficient (Wildman–Crippen LogP) is 4.85. The molecule has 0 heterocycles. The Labute approximate surface area is 118 Å². The molecular formula is C16H18N2O2. The minimum Gasteiger partial charge on any atom is -0.350 e. The lowest BCUT2D eigenvalue weighted by Gasteiger charge is -2.11. The summed E-state index contributed by atoms with van der Waals surface area (Å²) >= 11 is 0. The Morgan fingerprint density at radius 2 is 1.80 bits per heavy atom. The van der Waals surface area contributed by atoms with Gasteiger partial charge in [0.2, 0.25) is 0 Å². The minimum absolute atomic E-state index is 0.0819. The number of rotatable bonds is 5. The molecule has 0 aliphatic heterocycles. The molecule has 2 aromatic carbocycles. The Bertz CT molecular complexity index is 594. The molecule has 2 rings (SSSR count). The van der Waals surface area contributed by atoms with Crippen LogP contribution < -0.4 is 5.32 Å². The number of nitro groups is 1. The van der Waals surface area contributed by atoms with Crippen LogP contribution in [0.4, 0.5) is 17.1 Å². The lowest BCUT2D eigenvalue weighted by Crippen LogP contribution is -1.97. The molecule has 1 N–H and O–H groups in total. The van der Waals surface area contributed by atoms with Crippen molar-refractivity contribution in [1.82, 2.24) is 0 Å².